The van der Waals surface area contributed by atoms with Gasteiger partial charge in [-0.3, -0.25) is 0 Å². The van der Waals surface area contributed by atoms with Crippen molar-refractivity contribution in [3.63, 3.8) is 0 Å². The van der Waals surface area contributed by atoms with E-state index in [1.165, 1.54) is 6.07 Å². The van der Waals surface area contributed by atoms with Gasteiger partial charge in [-0.2, -0.15) is 9.49 Å². The zero-order chi connectivity index (χ0) is 20.1. The van der Waals surface area contributed by atoms with E-state index in [9.17, 15) is 4.39 Å². The number of halogens is 1. The van der Waals surface area contributed by atoms with Gasteiger partial charge in [0, 0.05) is 18.6 Å². The summed E-state index contributed by atoms with van der Waals surface area (Å²) < 4.78 is 13.6. The van der Waals surface area contributed by atoms with Crippen LogP contribution in [0.1, 0.15) is 30.3 Å². The van der Waals surface area contributed by atoms with Crippen LogP contribution in [0.5, 0.6) is 0 Å². The summed E-state index contributed by atoms with van der Waals surface area (Å²) in [4.78, 5) is 14.5. The molecule has 0 fully saturated rings. The molecule has 3 aromatic rings. The highest BCUT2D eigenvalue weighted by molar-refractivity contribution is 5.63. The number of rotatable bonds is 6. The van der Waals surface area contributed by atoms with Crippen molar-refractivity contribution in [1.29, 1.82) is 0 Å². The van der Waals surface area contributed by atoms with Gasteiger partial charge in [0.1, 0.15) is 11.4 Å². The molecule has 0 radical (unpaired) electrons. The third-order valence-electron chi connectivity index (χ3n) is 4.42. The van der Waals surface area contributed by atoms with Gasteiger partial charge in [0.05, 0.1) is 17.9 Å². The maximum Gasteiger partial charge on any atom is 0.213 e. The lowest BCUT2D eigenvalue weighted by Crippen LogP contribution is -2.19. The molecule has 0 aromatic carbocycles. The molecule has 0 spiro atoms. The maximum absolute atomic E-state index is 13.6. The first-order valence-corrected chi connectivity index (χ1v) is 9.40. The normalized spacial score (nSPS) is 12.9. The van der Waals surface area contributed by atoms with Gasteiger partial charge in [0.2, 0.25) is 5.95 Å². The smallest absolute Gasteiger partial charge is 0.213 e. The Balaban J connectivity index is 1.66. The highest BCUT2D eigenvalue weighted by Crippen LogP contribution is 2.24. The molecule has 0 saturated carbocycles. The van der Waals surface area contributed by atoms with E-state index in [2.05, 4.69) is 37.8 Å². The summed E-state index contributed by atoms with van der Waals surface area (Å²) in [5.41, 5.74) is 6.93. The van der Waals surface area contributed by atoms with E-state index >= 15 is 0 Å². The van der Waals surface area contributed by atoms with E-state index in [0.717, 1.165) is 24.1 Å². The lowest BCUT2D eigenvalue weighted by molar-refractivity contribution is 0.502. The minimum Gasteiger partial charge on any atom is -0.334 e. The van der Waals surface area contributed by atoms with Crippen LogP contribution in [0.3, 0.4) is 0 Å². The predicted molar refractivity (Wildman–Crippen MR) is 107 cm³/mol. The molecule has 4 heterocycles. The van der Waals surface area contributed by atoms with Crippen molar-refractivity contribution in [2.75, 3.05) is 0 Å². The molecule has 7 heteroatoms. The average Bonchev–Trinajstić information content (AvgIpc) is 2.76. The predicted octanol–water partition coefficient (Wildman–Crippen LogP) is 3.95. The molecule has 0 amide bonds. The Morgan fingerprint density at radius 2 is 1.93 bits per heavy atom. The topological polar surface area (TPSA) is 67.7 Å². The number of aromatic nitrogens is 5. The molecule has 0 saturated heterocycles. The van der Waals surface area contributed by atoms with E-state index in [4.69, 9.17) is 0 Å². The van der Waals surface area contributed by atoms with Crippen LogP contribution in [0.25, 0.3) is 17.2 Å². The van der Waals surface area contributed by atoms with Gasteiger partial charge in [0.25, 0.3) is 0 Å². The van der Waals surface area contributed by atoms with Gasteiger partial charge in [0.15, 0.2) is 5.82 Å². The molecular weight excluding hydrogens is 367 g/mol. The summed E-state index contributed by atoms with van der Waals surface area (Å²) in [5, 5.41) is 8.79. The highest BCUT2D eigenvalue weighted by atomic mass is 19.1. The molecular formula is C22H19FN6. The first kappa shape index (κ1) is 18.7. The number of pyridine rings is 1. The number of hydrogen-bond acceptors (Lipinski definition) is 6. The number of aryl methyl sites for hydroxylation is 1. The largest absolute Gasteiger partial charge is 0.334 e. The Hall–Kier alpha value is -3.70. The fourth-order valence-electron chi connectivity index (χ4n) is 3.10. The number of hydrogen-bond donors (Lipinski definition) is 0. The fraction of sp³-hybridized carbons (Fsp3) is 0.182. The lowest BCUT2D eigenvalue weighted by Gasteiger charge is -2.23. The maximum atomic E-state index is 13.6. The second-order valence-electron chi connectivity index (χ2n) is 6.50. The van der Waals surface area contributed by atoms with Gasteiger partial charge in [-0.1, -0.05) is 25.1 Å². The van der Waals surface area contributed by atoms with Crippen LogP contribution in [0, 0.1) is 5.95 Å². The van der Waals surface area contributed by atoms with Crippen LogP contribution in [0.15, 0.2) is 66.8 Å². The molecule has 0 bridgehead atoms. The molecule has 0 unspecified atom stereocenters. The van der Waals surface area contributed by atoms with E-state index in [1.807, 2.05) is 23.2 Å². The zero-order valence-electron chi connectivity index (χ0n) is 16.0. The van der Waals surface area contributed by atoms with Crippen molar-refractivity contribution in [2.45, 2.75) is 26.3 Å². The van der Waals surface area contributed by atoms with Crippen LogP contribution in [0.4, 0.5) is 4.39 Å². The van der Waals surface area contributed by atoms with E-state index in [1.54, 1.807) is 36.7 Å². The first-order chi connectivity index (χ1) is 14.2. The van der Waals surface area contributed by atoms with Crippen LogP contribution in [-0.4, -0.2) is 30.0 Å². The molecule has 1 aliphatic heterocycles. The standard InChI is InChI=1S/C22H19FN6/c1-2-7-16-14-18(22-24-11-6-12-25-22)27-28-19(16)15-29-13-4-3-9-20(29)17-8-5-10-21(23)26-17/h3-6,8,10-14H,2,7,15H2,1H3. The van der Waals surface area contributed by atoms with Crippen molar-refractivity contribution in [3.8, 4) is 11.5 Å². The second kappa shape index (κ2) is 8.54. The molecule has 4 rings (SSSR count). The summed E-state index contributed by atoms with van der Waals surface area (Å²) in [6.45, 7) is 2.59. The molecule has 6 nitrogen and oxygen atoms in total. The van der Waals surface area contributed by atoms with Crippen molar-refractivity contribution in [3.05, 3.63) is 89.7 Å². The van der Waals surface area contributed by atoms with Crippen LogP contribution in [0.2, 0.25) is 0 Å². The third-order valence-corrected chi connectivity index (χ3v) is 4.42. The van der Waals surface area contributed by atoms with E-state index in [-0.39, 0.29) is 0 Å². The summed E-state index contributed by atoms with van der Waals surface area (Å²) in [6, 6.07) is 8.49. The van der Waals surface area contributed by atoms with Crippen molar-refractivity contribution in [2.24, 2.45) is 0 Å². The second-order valence-corrected chi connectivity index (χ2v) is 6.50. The summed E-state index contributed by atoms with van der Waals surface area (Å²) in [6.07, 6.45) is 10.8. The third kappa shape index (κ3) is 4.25. The molecule has 0 N–H and O–H groups in total. The molecule has 0 aliphatic carbocycles. The summed E-state index contributed by atoms with van der Waals surface area (Å²) >= 11 is 0. The SMILES string of the molecule is CCCc1cc(-c2ncccn2)nnc1CN1C=CC=C=C1c1cccc(F)n1. The number of allylic oxidation sites excluding steroid dienone is 2. The Bertz CT molecular complexity index is 1100. The van der Waals surface area contributed by atoms with Gasteiger partial charge in [-0.05, 0) is 48.4 Å². The van der Waals surface area contributed by atoms with Gasteiger partial charge < -0.3 is 4.90 Å². The monoisotopic (exact) mass is 386 g/mol. The Morgan fingerprint density at radius 1 is 1.07 bits per heavy atom. The minimum atomic E-state index is -0.523. The average molecular weight is 386 g/mol. The van der Waals surface area contributed by atoms with Crippen molar-refractivity contribution < 1.29 is 4.39 Å². The molecule has 3 aromatic heterocycles. The van der Waals surface area contributed by atoms with E-state index < -0.39 is 5.95 Å². The fourth-order valence-corrected chi connectivity index (χ4v) is 3.10. The van der Waals surface area contributed by atoms with Crippen LogP contribution in [-0.2, 0) is 13.0 Å². The molecule has 29 heavy (non-hydrogen) atoms. The molecule has 1 aliphatic rings. The van der Waals surface area contributed by atoms with Gasteiger partial charge in [-0.25, -0.2) is 15.0 Å². The van der Waals surface area contributed by atoms with Crippen molar-refractivity contribution in [1.82, 2.24) is 30.0 Å². The first-order valence-electron chi connectivity index (χ1n) is 9.40. The van der Waals surface area contributed by atoms with Gasteiger partial charge >= 0.3 is 0 Å². The Kier molecular flexibility index (Phi) is 5.49. The van der Waals surface area contributed by atoms with E-state index in [0.29, 0.717) is 29.5 Å². The minimum absolute atomic E-state index is 0.475. The van der Waals surface area contributed by atoms with Crippen LogP contribution >= 0.6 is 0 Å². The Morgan fingerprint density at radius 3 is 2.72 bits per heavy atom. The lowest BCUT2D eigenvalue weighted by atomic mass is 10.1. The summed E-state index contributed by atoms with van der Waals surface area (Å²) in [5.74, 6) is 0.0271. The van der Waals surface area contributed by atoms with Crippen molar-refractivity contribution >= 4 is 5.70 Å². The van der Waals surface area contributed by atoms with Crippen LogP contribution < -0.4 is 0 Å². The summed E-state index contributed by atoms with van der Waals surface area (Å²) in [7, 11) is 0. The molecule has 144 valence electrons. The quantitative estimate of drug-likeness (QED) is 0.472. The molecule has 0 atom stereocenters. The zero-order valence-corrected chi connectivity index (χ0v) is 16.0. The Labute approximate surface area is 168 Å². The highest BCUT2D eigenvalue weighted by Gasteiger charge is 2.17. The number of nitrogens with zero attached hydrogens (tertiary/aromatic N) is 6. The van der Waals surface area contributed by atoms with Gasteiger partial charge in [-0.15, -0.1) is 5.10 Å².